The summed E-state index contributed by atoms with van der Waals surface area (Å²) in [5.41, 5.74) is 4.10. The predicted molar refractivity (Wildman–Crippen MR) is 116 cm³/mol. The number of benzene rings is 2. The van der Waals surface area contributed by atoms with Crippen molar-refractivity contribution >= 4 is 17.3 Å². The highest BCUT2D eigenvalue weighted by Crippen LogP contribution is 2.38. The van der Waals surface area contributed by atoms with E-state index in [-0.39, 0.29) is 5.57 Å². The van der Waals surface area contributed by atoms with Crippen LogP contribution in [0.15, 0.2) is 82.4 Å². The van der Waals surface area contributed by atoms with Crippen molar-refractivity contribution in [3.8, 4) is 12.1 Å². The van der Waals surface area contributed by atoms with E-state index in [1.165, 1.54) is 10.5 Å². The topological polar surface area (TPSA) is 50.8 Å². The molecule has 0 fully saturated rings. The Morgan fingerprint density at radius 3 is 2.32 bits per heavy atom. The molecule has 0 N–H and O–H groups in total. The molecule has 138 valence electrons. The highest BCUT2D eigenvalue weighted by Gasteiger charge is 2.19. The van der Waals surface area contributed by atoms with Crippen LogP contribution in [0.4, 0.5) is 0 Å². The van der Waals surface area contributed by atoms with E-state index >= 15 is 0 Å². The van der Waals surface area contributed by atoms with Gasteiger partial charge in [-0.25, -0.2) is 0 Å². The Labute approximate surface area is 170 Å². The Hall–Kier alpha value is -3.21. The van der Waals surface area contributed by atoms with E-state index in [9.17, 15) is 10.5 Å². The molecule has 2 aromatic rings. The number of aryl methyl sites for hydroxylation is 1. The maximum absolute atomic E-state index is 9.46. The molecule has 0 bridgehead atoms. The Balaban J connectivity index is 1.92. The molecule has 0 amide bonds. The van der Waals surface area contributed by atoms with E-state index in [0.29, 0.717) is 5.57 Å². The smallest absolute Gasteiger partial charge is 0.137 e. The molecule has 28 heavy (non-hydrogen) atoms. The minimum Gasteiger partial charge on any atom is -0.341 e. The van der Waals surface area contributed by atoms with E-state index < -0.39 is 0 Å². The first-order chi connectivity index (χ1) is 13.6. The third kappa shape index (κ3) is 4.74. The number of nitrogens with zero attached hydrogens (tertiary/aromatic N) is 3. The van der Waals surface area contributed by atoms with Crippen LogP contribution >= 0.6 is 11.8 Å². The van der Waals surface area contributed by atoms with Crippen LogP contribution in [0.25, 0.3) is 5.57 Å². The molecule has 1 heterocycles. The number of rotatable bonds is 5. The Morgan fingerprint density at radius 2 is 1.68 bits per heavy atom. The van der Waals surface area contributed by atoms with Crippen LogP contribution in [0.5, 0.6) is 0 Å². The summed E-state index contributed by atoms with van der Waals surface area (Å²) in [6.07, 6.45) is 5.02. The van der Waals surface area contributed by atoms with E-state index in [4.69, 9.17) is 0 Å². The van der Waals surface area contributed by atoms with Crippen LogP contribution < -0.4 is 0 Å². The molecule has 0 aliphatic carbocycles. The minimum atomic E-state index is 0.129. The van der Waals surface area contributed by atoms with E-state index in [0.717, 1.165) is 29.1 Å². The van der Waals surface area contributed by atoms with Crippen molar-refractivity contribution in [2.45, 2.75) is 20.3 Å². The summed E-state index contributed by atoms with van der Waals surface area (Å²) in [6.45, 7) is 4.94. The molecule has 3 nitrogen and oxygen atoms in total. The molecule has 3 rings (SSSR count). The van der Waals surface area contributed by atoms with Gasteiger partial charge in [-0.3, -0.25) is 0 Å². The van der Waals surface area contributed by atoms with Crippen molar-refractivity contribution in [1.29, 1.82) is 10.5 Å². The van der Waals surface area contributed by atoms with Gasteiger partial charge in [0.05, 0.1) is 5.03 Å². The first-order valence-electron chi connectivity index (χ1n) is 9.11. The van der Waals surface area contributed by atoms with Gasteiger partial charge in [0.25, 0.3) is 0 Å². The van der Waals surface area contributed by atoms with Crippen molar-refractivity contribution in [3.05, 3.63) is 99.1 Å². The third-order valence-electron chi connectivity index (χ3n) is 4.49. The Morgan fingerprint density at radius 1 is 1.00 bits per heavy atom. The van der Waals surface area contributed by atoms with E-state index in [1.807, 2.05) is 43.3 Å². The lowest BCUT2D eigenvalue weighted by Gasteiger charge is -2.18. The summed E-state index contributed by atoms with van der Waals surface area (Å²) in [4.78, 5) is 3.39. The summed E-state index contributed by atoms with van der Waals surface area (Å²) in [6, 6.07) is 22.4. The van der Waals surface area contributed by atoms with Gasteiger partial charge in [-0.1, -0.05) is 71.9 Å². The normalized spacial score (nSPS) is 14.4. The first kappa shape index (κ1) is 19.5. The molecule has 0 saturated heterocycles. The number of hydrogen-bond donors (Lipinski definition) is 0. The predicted octanol–water partition coefficient (Wildman–Crippen LogP) is 5.79. The summed E-state index contributed by atoms with van der Waals surface area (Å²) >= 11 is 1.67. The lowest BCUT2D eigenvalue weighted by atomic mass is 10.00. The summed E-state index contributed by atoms with van der Waals surface area (Å²) < 4.78 is 0. The fraction of sp³-hybridized carbons (Fsp3) is 0.167. The van der Waals surface area contributed by atoms with Gasteiger partial charge < -0.3 is 4.90 Å². The number of allylic oxidation sites excluding steroid dienone is 4. The number of nitriles is 2. The molecule has 2 aromatic carbocycles. The quantitative estimate of drug-likeness (QED) is 0.613. The third-order valence-corrected chi connectivity index (χ3v) is 5.48. The average Bonchev–Trinajstić information content (AvgIpc) is 3.07. The van der Waals surface area contributed by atoms with Crippen molar-refractivity contribution < 1.29 is 0 Å². The summed E-state index contributed by atoms with van der Waals surface area (Å²) in [5.74, 6) is 0. The van der Waals surface area contributed by atoms with Crippen LogP contribution in [0.3, 0.4) is 0 Å². The van der Waals surface area contributed by atoms with Crippen molar-refractivity contribution in [3.63, 3.8) is 0 Å². The fourth-order valence-corrected chi connectivity index (χ4v) is 3.96. The number of hydrogen-bond acceptors (Lipinski definition) is 4. The fourth-order valence-electron chi connectivity index (χ4n) is 3.02. The molecular formula is C24H21N3S. The van der Waals surface area contributed by atoms with Gasteiger partial charge in [0.1, 0.15) is 17.7 Å². The highest BCUT2D eigenvalue weighted by molar-refractivity contribution is 8.06. The molecular weight excluding hydrogens is 362 g/mol. The molecule has 1 aliphatic heterocycles. The molecule has 0 radical (unpaired) electrons. The first-order valence-corrected chi connectivity index (χ1v) is 9.92. The van der Waals surface area contributed by atoms with E-state index in [2.05, 4.69) is 54.4 Å². The second-order valence-electron chi connectivity index (χ2n) is 6.63. The average molecular weight is 384 g/mol. The van der Waals surface area contributed by atoms with Gasteiger partial charge in [-0.2, -0.15) is 10.5 Å². The number of thioether (sulfide) groups is 1. The molecule has 4 heteroatoms. The Kier molecular flexibility index (Phi) is 6.37. The maximum atomic E-state index is 9.46. The van der Waals surface area contributed by atoms with Crippen LogP contribution in [-0.2, 0) is 6.42 Å². The second kappa shape index (κ2) is 9.13. The maximum Gasteiger partial charge on any atom is 0.137 e. The van der Waals surface area contributed by atoms with Gasteiger partial charge in [0, 0.05) is 23.2 Å². The molecule has 0 atom stereocenters. The monoisotopic (exact) mass is 383 g/mol. The van der Waals surface area contributed by atoms with Crippen molar-refractivity contribution in [1.82, 2.24) is 4.90 Å². The van der Waals surface area contributed by atoms with Gasteiger partial charge >= 0.3 is 0 Å². The van der Waals surface area contributed by atoms with Gasteiger partial charge in [0.2, 0.25) is 0 Å². The lowest BCUT2D eigenvalue weighted by Crippen LogP contribution is -2.15. The zero-order valence-corrected chi connectivity index (χ0v) is 16.8. The zero-order valence-electron chi connectivity index (χ0n) is 16.0. The largest absolute Gasteiger partial charge is 0.341 e. The van der Waals surface area contributed by atoms with Crippen LogP contribution in [0, 0.1) is 29.6 Å². The van der Waals surface area contributed by atoms with Crippen LogP contribution in [-0.4, -0.2) is 11.4 Å². The second-order valence-corrected chi connectivity index (χ2v) is 7.90. The molecule has 1 aliphatic rings. The Bertz CT molecular complexity index is 1000. The summed E-state index contributed by atoms with van der Waals surface area (Å²) in [5, 5.41) is 20.0. The lowest BCUT2D eigenvalue weighted by molar-refractivity contribution is 0.503. The highest BCUT2D eigenvalue weighted by atomic mass is 32.2. The summed E-state index contributed by atoms with van der Waals surface area (Å²) in [7, 11) is 0. The van der Waals surface area contributed by atoms with Gasteiger partial charge in [-0.15, -0.1) is 0 Å². The van der Waals surface area contributed by atoms with Gasteiger partial charge in [-0.05, 0) is 37.5 Å². The van der Waals surface area contributed by atoms with Gasteiger partial charge in [0.15, 0.2) is 0 Å². The zero-order chi connectivity index (χ0) is 19.9. The van der Waals surface area contributed by atoms with Crippen molar-refractivity contribution in [2.75, 3.05) is 6.54 Å². The van der Waals surface area contributed by atoms with Crippen molar-refractivity contribution in [2.24, 2.45) is 0 Å². The van der Waals surface area contributed by atoms with E-state index in [1.54, 1.807) is 11.8 Å². The van der Waals surface area contributed by atoms with Crippen LogP contribution in [0.2, 0.25) is 0 Å². The standard InChI is InChI=1S/C24H21N3S/c1-18-8-10-21(11-9-18)23(22(15-25)16-26)14-24-27(17-19(2)28-24)13-12-20-6-4-3-5-7-20/h3-11,14,17H,12-13H2,1-2H3/b24-14-. The molecule has 0 aromatic heterocycles. The minimum absolute atomic E-state index is 0.129. The SMILES string of the molecule is CC1=CN(CCc2ccccc2)/C(=C/C(=C(C#N)C#N)c2ccc(C)cc2)S1. The molecule has 0 unspecified atom stereocenters. The molecule has 0 spiro atoms. The van der Waals surface area contributed by atoms with Crippen LogP contribution in [0.1, 0.15) is 23.6 Å². The molecule has 0 saturated carbocycles.